The Labute approximate surface area is 131 Å². The van der Waals surface area contributed by atoms with Crippen LogP contribution < -0.4 is 4.90 Å². The van der Waals surface area contributed by atoms with Crippen LogP contribution in [0.4, 0.5) is 5.69 Å². The molecule has 22 heavy (non-hydrogen) atoms. The third-order valence-electron chi connectivity index (χ3n) is 4.07. The molecule has 2 rings (SSSR count). The van der Waals surface area contributed by atoms with Gasteiger partial charge in [0.2, 0.25) is 5.91 Å². The van der Waals surface area contributed by atoms with Crippen LogP contribution in [0.2, 0.25) is 0 Å². The molecule has 1 aliphatic rings. The molecule has 0 aliphatic carbocycles. The Kier molecular flexibility index (Phi) is 5.73. The standard InChI is InChI=1S/C16H23N5O/c1-3-20(4-2)16(22)13-19-7-9-21(10-8-19)15-6-5-14(11-17)18-12-15/h5-6,12H,3-4,7-10,13H2,1-2H3. The van der Waals surface area contributed by atoms with Gasteiger partial charge in [0.15, 0.2) is 0 Å². The maximum atomic E-state index is 12.1. The number of nitrogens with zero attached hydrogens (tertiary/aromatic N) is 5. The first-order chi connectivity index (χ1) is 10.7. The number of amides is 1. The molecule has 1 saturated heterocycles. The minimum absolute atomic E-state index is 0.207. The number of carbonyl (C=O) groups is 1. The second-order valence-corrected chi connectivity index (χ2v) is 5.34. The molecule has 2 heterocycles. The number of hydrogen-bond donors (Lipinski definition) is 0. The zero-order valence-electron chi connectivity index (χ0n) is 13.3. The maximum absolute atomic E-state index is 12.1. The average molecular weight is 301 g/mol. The highest BCUT2D eigenvalue weighted by Gasteiger charge is 2.21. The molecule has 0 aromatic carbocycles. The fourth-order valence-electron chi connectivity index (χ4n) is 2.67. The Bertz CT molecular complexity index is 524. The molecule has 1 amide bonds. The first-order valence-corrected chi connectivity index (χ1v) is 7.79. The van der Waals surface area contributed by atoms with E-state index in [0.29, 0.717) is 12.2 Å². The number of nitriles is 1. The second kappa shape index (κ2) is 7.76. The predicted molar refractivity (Wildman–Crippen MR) is 85.5 cm³/mol. The van der Waals surface area contributed by atoms with E-state index in [0.717, 1.165) is 45.0 Å². The van der Waals surface area contributed by atoms with E-state index in [4.69, 9.17) is 5.26 Å². The van der Waals surface area contributed by atoms with Crippen LogP contribution >= 0.6 is 0 Å². The van der Waals surface area contributed by atoms with E-state index >= 15 is 0 Å². The van der Waals surface area contributed by atoms with Gasteiger partial charge in [-0.2, -0.15) is 5.26 Å². The predicted octanol–water partition coefficient (Wildman–Crippen LogP) is 0.944. The number of anilines is 1. The molecule has 0 radical (unpaired) electrons. The molecule has 1 fully saturated rings. The van der Waals surface area contributed by atoms with Gasteiger partial charge in [-0.25, -0.2) is 4.98 Å². The van der Waals surface area contributed by atoms with Crippen LogP contribution in [-0.4, -0.2) is 66.5 Å². The summed E-state index contributed by atoms with van der Waals surface area (Å²) >= 11 is 0. The van der Waals surface area contributed by atoms with Crippen molar-refractivity contribution >= 4 is 11.6 Å². The first-order valence-electron chi connectivity index (χ1n) is 7.79. The van der Waals surface area contributed by atoms with Crippen molar-refractivity contribution in [3.63, 3.8) is 0 Å². The lowest BCUT2D eigenvalue weighted by Crippen LogP contribution is -2.50. The van der Waals surface area contributed by atoms with Crippen molar-refractivity contribution in [3.8, 4) is 6.07 Å². The van der Waals surface area contributed by atoms with E-state index in [1.165, 1.54) is 0 Å². The Morgan fingerprint density at radius 2 is 1.95 bits per heavy atom. The van der Waals surface area contributed by atoms with Gasteiger partial charge < -0.3 is 9.80 Å². The monoisotopic (exact) mass is 301 g/mol. The van der Waals surface area contributed by atoms with Crippen molar-refractivity contribution < 1.29 is 4.79 Å². The van der Waals surface area contributed by atoms with Crippen LogP contribution in [0.3, 0.4) is 0 Å². The topological polar surface area (TPSA) is 63.5 Å². The van der Waals surface area contributed by atoms with Crippen LogP contribution in [0.15, 0.2) is 18.3 Å². The Balaban J connectivity index is 1.85. The summed E-state index contributed by atoms with van der Waals surface area (Å²) in [5.74, 6) is 0.207. The van der Waals surface area contributed by atoms with Crippen molar-refractivity contribution in [1.29, 1.82) is 5.26 Å². The second-order valence-electron chi connectivity index (χ2n) is 5.34. The minimum Gasteiger partial charge on any atom is -0.368 e. The quantitative estimate of drug-likeness (QED) is 0.810. The highest BCUT2D eigenvalue weighted by atomic mass is 16.2. The fourth-order valence-corrected chi connectivity index (χ4v) is 2.67. The van der Waals surface area contributed by atoms with Crippen LogP contribution in [0.5, 0.6) is 0 Å². The van der Waals surface area contributed by atoms with Gasteiger partial charge in [-0.1, -0.05) is 0 Å². The first kappa shape index (κ1) is 16.2. The Morgan fingerprint density at radius 3 is 2.45 bits per heavy atom. The summed E-state index contributed by atoms with van der Waals surface area (Å²) in [5.41, 5.74) is 1.47. The van der Waals surface area contributed by atoms with Gasteiger partial charge in [0.05, 0.1) is 18.4 Å². The van der Waals surface area contributed by atoms with E-state index in [9.17, 15) is 4.79 Å². The normalized spacial score (nSPS) is 15.4. The highest BCUT2D eigenvalue weighted by Crippen LogP contribution is 2.15. The van der Waals surface area contributed by atoms with Gasteiger partial charge in [-0.15, -0.1) is 0 Å². The number of rotatable bonds is 5. The molecule has 1 aromatic rings. The van der Waals surface area contributed by atoms with Crippen molar-refractivity contribution in [1.82, 2.24) is 14.8 Å². The largest absolute Gasteiger partial charge is 0.368 e. The molecule has 0 N–H and O–H groups in total. The molecule has 0 spiro atoms. The van der Waals surface area contributed by atoms with Gasteiger partial charge in [0.1, 0.15) is 11.8 Å². The number of piperazine rings is 1. The van der Waals surface area contributed by atoms with Gasteiger partial charge in [-0.05, 0) is 26.0 Å². The summed E-state index contributed by atoms with van der Waals surface area (Å²) in [6.45, 7) is 9.55. The lowest BCUT2D eigenvalue weighted by Gasteiger charge is -2.36. The van der Waals surface area contributed by atoms with E-state index in [1.807, 2.05) is 30.9 Å². The molecule has 118 valence electrons. The molecule has 1 aromatic heterocycles. The van der Waals surface area contributed by atoms with Crippen LogP contribution in [0.1, 0.15) is 19.5 Å². The molecular weight excluding hydrogens is 278 g/mol. The van der Waals surface area contributed by atoms with Gasteiger partial charge >= 0.3 is 0 Å². The summed E-state index contributed by atoms with van der Waals surface area (Å²) in [4.78, 5) is 22.6. The van der Waals surface area contributed by atoms with Crippen molar-refractivity contribution in [2.45, 2.75) is 13.8 Å². The molecule has 0 saturated carbocycles. The zero-order chi connectivity index (χ0) is 15.9. The van der Waals surface area contributed by atoms with E-state index < -0.39 is 0 Å². The molecule has 0 atom stereocenters. The smallest absolute Gasteiger partial charge is 0.236 e. The van der Waals surface area contributed by atoms with Gasteiger partial charge in [0.25, 0.3) is 0 Å². The third-order valence-corrected chi connectivity index (χ3v) is 4.07. The van der Waals surface area contributed by atoms with Gasteiger partial charge in [0, 0.05) is 39.3 Å². The molecule has 0 unspecified atom stereocenters. The number of likely N-dealkylation sites (N-methyl/N-ethyl adjacent to an activating group) is 1. The molecule has 6 nitrogen and oxygen atoms in total. The summed E-state index contributed by atoms with van der Waals surface area (Å²) in [7, 11) is 0. The molecule has 0 bridgehead atoms. The van der Waals surface area contributed by atoms with Gasteiger partial charge in [-0.3, -0.25) is 9.69 Å². The SMILES string of the molecule is CCN(CC)C(=O)CN1CCN(c2ccc(C#N)nc2)CC1. The third kappa shape index (κ3) is 3.95. The zero-order valence-corrected chi connectivity index (χ0v) is 13.3. The van der Waals surface area contributed by atoms with E-state index in [2.05, 4.69) is 14.8 Å². The molecule has 1 aliphatic heterocycles. The number of hydrogen-bond acceptors (Lipinski definition) is 5. The minimum atomic E-state index is 0.207. The van der Waals surface area contributed by atoms with Crippen LogP contribution in [0, 0.1) is 11.3 Å². The lowest BCUT2D eigenvalue weighted by atomic mass is 10.2. The summed E-state index contributed by atoms with van der Waals surface area (Å²) in [6.07, 6.45) is 1.75. The van der Waals surface area contributed by atoms with Crippen LogP contribution in [-0.2, 0) is 4.79 Å². The van der Waals surface area contributed by atoms with E-state index in [-0.39, 0.29) is 5.91 Å². The summed E-state index contributed by atoms with van der Waals surface area (Å²) in [6, 6.07) is 5.70. The average Bonchev–Trinajstić information content (AvgIpc) is 2.57. The van der Waals surface area contributed by atoms with Crippen molar-refractivity contribution in [2.24, 2.45) is 0 Å². The Morgan fingerprint density at radius 1 is 1.27 bits per heavy atom. The number of pyridine rings is 1. The highest BCUT2D eigenvalue weighted by molar-refractivity contribution is 5.78. The fraction of sp³-hybridized carbons (Fsp3) is 0.562. The van der Waals surface area contributed by atoms with Crippen molar-refractivity contribution in [2.75, 3.05) is 50.7 Å². The van der Waals surface area contributed by atoms with Crippen LogP contribution in [0.25, 0.3) is 0 Å². The number of carbonyl (C=O) groups excluding carboxylic acids is 1. The molecular formula is C16H23N5O. The summed E-state index contributed by atoms with van der Waals surface area (Å²) in [5, 5.41) is 8.77. The Hall–Kier alpha value is -2.13. The summed E-state index contributed by atoms with van der Waals surface area (Å²) < 4.78 is 0. The maximum Gasteiger partial charge on any atom is 0.236 e. The van der Waals surface area contributed by atoms with E-state index in [1.54, 1.807) is 12.3 Å². The lowest BCUT2D eigenvalue weighted by molar-refractivity contribution is -0.132. The van der Waals surface area contributed by atoms with Crippen molar-refractivity contribution in [3.05, 3.63) is 24.0 Å². The molecule has 6 heteroatoms. The number of aromatic nitrogens is 1.